The highest BCUT2D eigenvalue weighted by molar-refractivity contribution is 5.85. The van der Waals surface area contributed by atoms with Crippen LogP contribution in [0.4, 0.5) is 10.1 Å². The molecule has 3 heterocycles. The third-order valence-electron chi connectivity index (χ3n) is 6.23. The molecule has 142 valence electrons. The summed E-state index contributed by atoms with van der Waals surface area (Å²) in [5.41, 5.74) is 1.75. The minimum Gasteiger partial charge on any atom is -0.370 e. The molecule has 3 aliphatic heterocycles. The third kappa shape index (κ3) is 4.60. The molecule has 0 amide bonds. The van der Waals surface area contributed by atoms with Crippen LogP contribution < -0.4 is 10.2 Å². The van der Waals surface area contributed by atoms with Crippen molar-refractivity contribution in [1.29, 1.82) is 0 Å². The van der Waals surface area contributed by atoms with Crippen LogP contribution >= 0.6 is 24.8 Å². The zero-order chi connectivity index (χ0) is 15.7. The van der Waals surface area contributed by atoms with Crippen molar-refractivity contribution in [2.24, 2.45) is 5.41 Å². The first kappa shape index (κ1) is 20.8. The van der Waals surface area contributed by atoms with Gasteiger partial charge in [0, 0.05) is 31.4 Å². The molecule has 1 spiro atoms. The Kier molecular flexibility index (Phi) is 7.39. The summed E-state index contributed by atoms with van der Waals surface area (Å²) in [6.45, 7) is 7.13. The van der Waals surface area contributed by atoms with Crippen LogP contribution in [0, 0.1) is 11.2 Å². The fourth-order valence-electron chi connectivity index (χ4n) is 4.85. The first-order chi connectivity index (χ1) is 11.2. The van der Waals surface area contributed by atoms with E-state index in [4.69, 9.17) is 0 Å². The predicted octanol–water partition coefficient (Wildman–Crippen LogP) is 3.71. The molecule has 0 aromatic heterocycles. The van der Waals surface area contributed by atoms with Gasteiger partial charge in [0.25, 0.3) is 0 Å². The highest BCUT2D eigenvalue weighted by Crippen LogP contribution is 2.39. The Hall–Kier alpha value is -0.550. The van der Waals surface area contributed by atoms with Gasteiger partial charge >= 0.3 is 0 Å². The van der Waals surface area contributed by atoms with Gasteiger partial charge in [0.15, 0.2) is 0 Å². The molecule has 1 unspecified atom stereocenters. The Labute approximate surface area is 163 Å². The number of hydrogen-bond donors (Lipinski definition) is 1. The Balaban J connectivity index is 0.00000113. The maximum absolute atomic E-state index is 13.1. The van der Waals surface area contributed by atoms with Gasteiger partial charge in [-0.3, -0.25) is 4.90 Å². The molecule has 0 aliphatic carbocycles. The van der Waals surface area contributed by atoms with Crippen LogP contribution in [0.15, 0.2) is 24.3 Å². The fraction of sp³-hybridized carbons (Fsp3) is 0.684. The SMILES string of the molecule is Cl.Cl.Fc1ccc(N2CCC(N3CCCC4(CCNCC4)C3)C2)cc1. The number of rotatable bonds is 2. The molecule has 3 aliphatic rings. The number of nitrogens with zero attached hydrogens (tertiary/aromatic N) is 2. The molecule has 6 heteroatoms. The molecule has 3 fully saturated rings. The van der Waals surface area contributed by atoms with E-state index in [2.05, 4.69) is 15.1 Å². The van der Waals surface area contributed by atoms with Crippen LogP contribution in [-0.2, 0) is 0 Å². The number of nitrogens with one attached hydrogen (secondary N) is 1. The van der Waals surface area contributed by atoms with Crippen LogP contribution in [0.5, 0.6) is 0 Å². The van der Waals surface area contributed by atoms with E-state index in [1.807, 2.05) is 12.1 Å². The summed E-state index contributed by atoms with van der Waals surface area (Å²) >= 11 is 0. The average Bonchev–Trinajstić information content (AvgIpc) is 3.06. The summed E-state index contributed by atoms with van der Waals surface area (Å²) in [4.78, 5) is 5.19. The van der Waals surface area contributed by atoms with Gasteiger partial charge in [0.2, 0.25) is 0 Å². The van der Waals surface area contributed by atoms with Gasteiger partial charge in [-0.05, 0) is 81.4 Å². The van der Waals surface area contributed by atoms with Crippen LogP contribution in [0.3, 0.4) is 0 Å². The second-order valence-corrected chi connectivity index (χ2v) is 7.69. The van der Waals surface area contributed by atoms with E-state index in [-0.39, 0.29) is 30.6 Å². The molecule has 0 bridgehead atoms. The number of likely N-dealkylation sites (tertiary alicyclic amines) is 1. The third-order valence-corrected chi connectivity index (χ3v) is 6.23. The molecule has 25 heavy (non-hydrogen) atoms. The Morgan fingerprint density at radius 1 is 1.00 bits per heavy atom. The second kappa shape index (κ2) is 8.90. The maximum atomic E-state index is 13.1. The maximum Gasteiger partial charge on any atom is 0.123 e. The van der Waals surface area contributed by atoms with Crippen LogP contribution in [-0.4, -0.2) is 50.2 Å². The van der Waals surface area contributed by atoms with Gasteiger partial charge in [0.1, 0.15) is 5.82 Å². The molecule has 0 saturated carbocycles. The summed E-state index contributed by atoms with van der Waals surface area (Å²) < 4.78 is 13.1. The summed E-state index contributed by atoms with van der Waals surface area (Å²) in [6, 6.07) is 7.66. The standard InChI is InChI=1S/C19H28FN3.2ClH/c20-16-2-4-17(5-3-16)22-13-6-18(14-22)23-12-1-7-19(15-23)8-10-21-11-9-19;;/h2-5,18,21H,1,6-15H2;2*1H. The van der Waals surface area contributed by atoms with E-state index in [0.29, 0.717) is 11.5 Å². The summed E-state index contributed by atoms with van der Waals surface area (Å²) in [5, 5.41) is 3.52. The molecule has 3 saturated heterocycles. The lowest BCUT2D eigenvalue weighted by atomic mass is 9.72. The van der Waals surface area contributed by atoms with Gasteiger partial charge in [-0.1, -0.05) is 0 Å². The highest BCUT2D eigenvalue weighted by Gasteiger charge is 2.39. The fourth-order valence-corrected chi connectivity index (χ4v) is 4.85. The molecule has 1 aromatic rings. The van der Waals surface area contributed by atoms with Crippen LogP contribution in [0.1, 0.15) is 32.1 Å². The van der Waals surface area contributed by atoms with Gasteiger partial charge in [-0.15, -0.1) is 24.8 Å². The monoisotopic (exact) mass is 389 g/mol. The zero-order valence-electron chi connectivity index (χ0n) is 14.8. The summed E-state index contributed by atoms with van der Waals surface area (Å²) in [5.74, 6) is -0.145. The summed E-state index contributed by atoms with van der Waals surface area (Å²) in [6.07, 6.45) is 6.70. The van der Waals surface area contributed by atoms with E-state index in [0.717, 1.165) is 13.1 Å². The van der Waals surface area contributed by atoms with Crippen molar-refractivity contribution in [2.75, 3.05) is 44.2 Å². The Bertz CT molecular complexity index is 528. The summed E-state index contributed by atoms with van der Waals surface area (Å²) in [7, 11) is 0. The molecular formula is C19H30Cl2FN3. The first-order valence-electron chi connectivity index (χ1n) is 9.19. The van der Waals surface area contributed by atoms with Crippen molar-refractivity contribution in [3.8, 4) is 0 Å². The number of benzene rings is 1. The molecule has 1 atom stereocenters. The molecule has 0 radical (unpaired) electrons. The number of piperidine rings is 2. The number of anilines is 1. The topological polar surface area (TPSA) is 18.5 Å². The van der Waals surface area contributed by atoms with Crippen LogP contribution in [0.2, 0.25) is 0 Å². The molecular weight excluding hydrogens is 360 g/mol. The highest BCUT2D eigenvalue weighted by atomic mass is 35.5. The van der Waals surface area contributed by atoms with Crippen molar-refractivity contribution >= 4 is 30.5 Å². The Morgan fingerprint density at radius 3 is 2.44 bits per heavy atom. The van der Waals surface area contributed by atoms with Gasteiger partial charge in [0.05, 0.1) is 0 Å². The van der Waals surface area contributed by atoms with Crippen molar-refractivity contribution in [3.63, 3.8) is 0 Å². The molecule has 1 N–H and O–H groups in total. The minimum atomic E-state index is -0.145. The van der Waals surface area contributed by atoms with Crippen LogP contribution in [0.25, 0.3) is 0 Å². The lowest BCUT2D eigenvalue weighted by molar-refractivity contribution is 0.0383. The van der Waals surface area contributed by atoms with E-state index in [9.17, 15) is 4.39 Å². The van der Waals surface area contributed by atoms with E-state index in [1.165, 1.54) is 64.0 Å². The lowest BCUT2D eigenvalue weighted by Crippen LogP contribution is -2.52. The zero-order valence-corrected chi connectivity index (χ0v) is 16.4. The quantitative estimate of drug-likeness (QED) is 0.831. The number of halogens is 3. The van der Waals surface area contributed by atoms with Gasteiger partial charge in [-0.2, -0.15) is 0 Å². The second-order valence-electron chi connectivity index (χ2n) is 7.69. The van der Waals surface area contributed by atoms with Crippen molar-refractivity contribution < 1.29 is 4.39 Å². The Morgan fingerprint density at radius 2 is 1.72 bits per heavy atom. The molecule has 4 rings (SSSR count). The van der Waals surface area contributed by atoms with Crippen molar-refractivity contribution in [3.05, 3.63) is 30.1 Å². The lowest BCUT2D eigenvalue weighted by Gasteiger charge is -2.47. The normalized spacial score (nSPS) is 26.1. The largest absolute Gasteiger partial charge is 0.370 e. The molecule has 3 nitrogen and oxygen atoms in total. The van der Waals surface area contributed by atoms with Crippen molar-refractivity contribution in [1.82, 2.24) is 10.2 Å². The van der Waals surface area contributed by atoms with Gasteiger partial charge < -0.3 is 10.2 Å². The number of hydrogen-bond acceptors (Lipinski definition) is 3. The smallest absolute Gasteiger partial charge is 0.123 e. The minimum absolute atomic E-state index is 0. The van der Waals surface area contributed by atoms with E-state index in [1.54, 1.807) is 12.1 Å². The van der Waals surface area contributed by atoms with E-state index >= 15 is 0 Å². The predicted molar refractivity (Wildman–Crippen MR) is 107 cm³/mol. The first-order valence-corrected chi connectivity index (χ1v) is 9.19. The van der Waals surface area contributed by atoms with Gasteiger partial charge in [-0.25, -0.2) is 4.39 Å². The van der Waals surface area contributed by atoms with Crippen molar-refractivity contribution in [2.45, 2.75) is 38.1 Å². The average molecular weight is 390 g/mol. The molecule has 1 aromatic carbocycles. The van der Waals surface area contributed by atoms with E-state index < -0.39 is 0 Å².